The van der Waals surface area contributed by atoms with Gasteiger partial charge in [0, 0.05) is 38.9 Å². The number of hydrogen-bond donors (Lipinski definition) is 1. The Labute approximate surface area is 171 Å². The summed E-state index contributed by atoms with van der Waals surface area (Å²) >= 11 is 0. The predicted octanol–water partition coefficient (Wildman–Crippen LogP) is 1.74. The van der Waals surface area contributed by atoms with Crippen molar-refractivity contribution in [2.75, 3.05) is 40.0 Å². The zero-order valence-corrected chi connectivity index (χ0v) is 16.5. The second kappa shape index (κ2) is 11.2. The average molecular weight is 434 g/mol. The fourth-order valence-electron chi connectivity index (χ4n) is 3.41. The van der Waals surface area contributed by atoms with Crippen LogP contribution in [-0.2, 0) is 30.4 Å². The fourth-order valence-corrected chi connectivity index (χ4v) is 3.41. The molecule has 0 radical (unpaired) electrons. The lowest BCUT2D eigenvalue weighted by Crippen LogP contribution is -2.33. The van der Waals surface area contributed by atoms with Crippen LogP contribution in [0.2, 0.25) is 0 Å². The van der Waals surface area contributed by atoms with Crippen LogP contribution in [0.3, 0.4) is 0 Å². The molecule has 2 fully saturated rings. The molecule has 0 aliphatic carbocycles. The number of amides is 1. The molecule has 1 amide bonds. The summed E-state index contributed by atoms with van der Waals surface area (Å²) in [7, 11) is 1.55. The Morgan fingerprint density at radius 3 is 2.67 bits per heavy atom. The average Bonchev–Trinajstić information content (AvgIpc) is 3.27. The van der Waals surface area contributed by atoms with Crippen LogP contribution < -0.4 is 0 Å². The third-order valence-corrected chi connectivity index (χ3v) is 4.91. The van der Waals surface area contributed by atoms with Gasteiger partial charge < -0.3 is 24.2 Å². The predicted molar refractivity (Wildman–Crippen MR) is 97.4 cm³/mol. The molecule has 1 N–H and O–H groups in total. The van der Waals surface area contributed by atoms with Crippen molar-refractivity contribution in [1.82, 2.24) is 9.88 Å². The molecule has 0 aromatic carbocycles. The standard InChI is InChI=1S/C17H24N2O4.C2HF3O2/c1-21-12-17(20)19-8-15-13(10-23-16(15)9-19)5-7-22-11-14-4-2-3-6-18-14;3-2(4,5)1(6)7/h2-4,6,13,15-16H,5,7-12H2,1H3;(H,6,7)/t13-,15-,16-;/m0./s1. The Kier molecular flexibility index (Phi) is 9.00. The van der Waals surface area contributed by atoms with Gasteiger partial charge in [-0.25, -0.2) is 4.79 Å². The Bertz CT molecular complexity index is 689. The van der Waals surface area contributed by atoms with Gasteiger partial charge >= 0.3 is 12.1 Å². The summed E-state index contributed by atoms with van der Waals surface area (Å²) in [6.07, 6.45) is -2.17. The molecule has 0 saturated carbocycles. The summed E-state index contributed by atoms with van der Waals surface area (Å²) in [5.74, 6) is -1.82. The second-order valence-electron chi connectivity index (χ2n) is 6.99. The Hall–Kier alpha value is -2.24. The van der Waals surface area contributed by atoms with Crippen molar-refractivity contribution in [1.29, 1.82) is 0 Å². The number of carbonyl (C=O) groups excluding carboxylic acids is 1. The molecular formula is C19H25F3N2O6. The summed E-state index contributed by atoms with van der Waals surface area (Å²) in [5.41, 5.74) is 0.949. The summed E-state index contributed by atoms with van der Waals surface area (Å²) in [6, 6.07) is 5.83. The van der Waals surface area contributed by atoms with Crippen LogP contribution in [0.4, 0.5) is 13.2 Å². The lowest BCUT2D eigenvalue weighted by Gasteiger charge is -2.19. The molecule has 2 aliphatic rings. The normalized spacial score (nSPS) is 22.9. The molecule has 0 spiro atoms. The van der Waals surface area contributed by atoms with Gasteiger partial charge in [-0.15, -0.1) is 0 Å². The summed E-state index contributed by atoms with van der Waals surface area (Å²) in [4.78, 5) is 26.9. The number of aromatic nitrogens is 1. The first-order valence-corrected chi connectivity index (χ1v) is 9.38. The van der Waals surface area contributed by atoms with E-state index in [1.165, 1.54) is 0 Å². The number of pyridine rings is 1. The zero-order valence-electron chi connectivity index (χ0n) is 16.5. The minimum atomic E-state index is -5.08. The van der Waals surface area contributed by atoms with E-state index in [0.29, 0.717) is 31.6 Å². The molecule has 2 aliphatic heterocycles. The largest absolute Gasteiger partial charge is 0.490 e. The van der Waals surface area contributed by atoms with Crippen LogP contribution in [0.5, 0.6) is 0 Å². The van der Waals surface area contributed by atoms with E-state index >= 15 is 0 Å². The van der Waals surface area contributed by atoms with Gasteiger partial charge in [-0.2, -0.15) is 13.2 Å². The van der Waals surface area contributed by atoms with Crippen LogP contribution >= 0.6 is 0 Å². The number of ether oxygens (including phenoxy) is 3. The van der Waals surface area contributed by atoms with E-state index in [0.717, 1.165) is 25.3 Å². The molecule has 168 valence electrons. The second-order valence-corrected chi connectivity index (χ2v) is 6.99. The van der Waals surface area contributed by atoms with Crippen LogP contribution in [-0.4, -0.2) is 79.2 Å². The van der Waals surface area contributed by atoms with Crippen molar-refractivity contribution in [3.05, 3.63) is 30.1 Å². The Balaban J connectivity index is 0.000000396. The minimum absolute atomic E-state index is 0.0515. The number of fused-ring (bicyclic) bond motifs is 1. The number of nitrogens with zero attached hydrogens (tertiary/aromatic N) is 2. The maximum atomic E-state index is 11.9. The van der Waals surface area contributed by atoms with Crippen molar-refractivity contribution in [2.45, 2.75) is 25.3 Å². The molecule has 2 saturated heterocycles. The van der Waals surface area contributed by atoms with E-state index in [9.17, 15) is 18.0 Å². The molecule has 3 rings (SSSR count). The smallest absolute Gasteiger partial charge is 0.475 e. The highest BCUT2D eigenvalue weighted by atomic mass is 19.4. The number of carboxylic acid groups (broad SMARTS) is 1. The quantitative estimate of drug-likeness (QED) is 0.653. The van der Waals surface area contributed by atoms with Gasteiger partial charge in [0.25, 0.3) is 0 Å². The number of hydrogen-bond acceptors (Lipinski definition) is 6. The molecule has 1 aromatic rings. The lowest BCUT2D eigenvalue weighted by molar-refractivity contribution is -0.192. The van der Waals surface area contributed by atoms with Gasteiger partial charge in [0.15, 0.2) is 0 Å². The highest BCUT2D eigenvalue weighted by molar-refractivity contribution is 5.77. The molecular weight excluding hydrogens is 409 g/mol. The van der Waals surface area contributed by atoms with Crippen molar-refractivity contribution < 1.29 is 42.1 Å². The van der Waals surface area contributed by atoms with Crippen molar-refractivity contribution in [3.8, 4) is 0 Å². The van der Waals surface area contributed by atoms with Crippen LogP contribution in [0.25, 0.3) is 0 Å². The van der Waals surface area contributed by atoms with Crippen LogP contribution in [0.15, 0.2) is 24.4 Å². The van der Waals surface area contributed by atoms with E-state index in [4.69, 9.17) is 24.1 Å². The lowest BCUT2D eigenvalue weighted by atomic mass is 9.91. The van der Waals surface area contributed by atoms with E-state index in [1.54, 1.807) is 13.3 Å². The summed E-state index contributed by atoms with van der Waals surface area (Å²) in [5, 5.41) is 7.12. The molecule has 3 atom stereocenters. The monoisotopic (exact) mass is 434 g/mol. The minimum Gasteiger partial charge on any atom is -0.475 e. The first kappa shape index (κ1) is 24.0. The molecule has 3 heterocycles. The van der Waals surface area contributed by atoms with Gasteiger partial charge in [-0.3, -0.25) is 9.78 Å². The third kappa shape index (κ3) is 7.22. The molecule has 8 nitrogen and oxygen atoms in total. The Morgan fingerprint density at radius 1 is 1.33 bits per heavy atom. The zero-order chi connectivity index (χ0) is 22.1. The number of aliphatic carboxylic acids is 1. The number of methoxy groups -OCH3 is 1. The first-order chi connectivity index (χ1) is 14.2. The summed E-state index contributed by atoms with van der Waals surface area (Å²) in [6.45, 7) is 3.63. The van der Waals surface area contributed by atoms with Crippen molar-refractivity contribution in [2.24, 2.45) is 11.8 Å². The first-order valence-electron chi connectivity index (χ1n) is 9.38. The number of carbonyl (C=O) groups is 2. The molecule has 0 unspecified atom stereocenters. The molecule has 1 aromatic heterocycles. The fraction of sp³-hybridized carbons (Fsp3) is 0.632. The van der Waals surface area contributed by atoms with Crippen LogP contribution in [0, 0.1) is 11.8 Å². The van der Waals surface area contributed by atoms with E-state index in [2.05, 4.69) is 4.98 Å². The maximum Gasteiger partial charge on any atom is 0.490 e. The van der Waals surface area contributed by atoms with E-state index in [1.807, 2.05) is 23.1 Å². The third-order valence-electron chi connectivity index (χ3n) is 4.91. The topological polar surface area (TPSA) is 98.2 Å². The van der Waals surface area contributed by atoms with Gasteiger partial charge in [0.1, 0.15) is 6.61 Å². The maximum absolute atomic E-state index is 11.9. The Morgan fingerprint density at radius 2 is 2.07 bits per heavy atom. The van der Waals surface area contributed by atoms with Gasteiger partial charge in [0.05, 0.1) is 25.0 Å². The van der Waals surface area contributed by atoms with Crippen molar-refractivity contribution in [3.63, 3.8) is 0 Å². The highest BCUT2D eigenvalue weighted by Crippen LogP contribution is 2.35. The molecule has 30 heavy (non-hydrogen) atoms. The SMILES string of the molecule is COCC(=O)N1C[C@H]2[C@@H](CCOCc3ccccn3)CO[C@H]2C1.O=C(O)C(F)(F)F. The van der Waals surface area contributed by atoms with Gasteiger partial charge in [-0.05, 0) is 24.5 Å². The number of likely N-dealkylation sites (tertiary alicyclic amines) is 1. The summed E-state index contributed by atoms with van der Waals surface area (Å²) < 4.78 is 48.2. The molecule has 0 bridgehead atoms. The van der Waals surface area contributed by atoms with E-state index in [-0.39, 0.29) is 18.6 Å². The van der Waals surface area contributed by atoms with Crippen molar-refractivity contribution >= 4 is 11.9 Å². The van der Waals surface area contributed by atoms with Gasteiger partial charge in [0.2, 0.25) is 5.91 Å². The number of alkyl halides is 3. The number of carboxylic acids is 1. The van der Waals surface area contributed by atoms with Gasteiger partial charge in [-0.1, -0.05) is 6.07 Å². The highest BCUT2D eigenvalue weighted by Gasteiger charge is 2.44. The van der Waals surface area contributed by atoms with E-state index < -0.39 is 12.1 Å². The van der Waals surface area contributed by atoms with Crippen LogP contribution in [0.1, 0.15) is 12.1 Å². The molecule has 11 heteroatoms. The number of halogens is 3. The number of rotatable bonds is 7.